The van der Waals surface area contributed by atoms with Crippen LogP contribution in [0.4, 0.5) is 0 Å². The third-order valence-corrected chi connectivity index (χ3v) is 4.13. The van der Waals surface area contributed by atoms with Crippen molar-refractivity contribution in [2.24, 2.45) is 11.8 Å². The molecule has 0 spiro atoms. The predicted molar refractivity (Wildman–Crippen MR) is 81.2 cm³/mol. The first-order valence-corrected chi connectivity index (χ1v) is 7.55. The highest BCUT2D eigenvalue weighted by molar-refractivity contribution is 6.35. The van der Waals surface area contributed by atoms with Crippen LogP contribution in [0.1, 0.15) is 31.9 Å². The first-order valence-electron chi connectivity index (χ1n) is 6.79. The van der Waals surface area contributed by atoms with E-state index in [1.54, 1.807) is 25.1 Å². The maximum Gasteiger partial charge on any atom is 0.309 e. The Balaban J connectivity index is 1.82. The largest absolute Gasteiger partial charge is 0.455 e. The van der Waals surface area contributed by atoms with Crippen LogP contribution in [0.5, 0.6) is 0 Å². The van der Waals surface area contributed by atoms with E-state index in [1.807, 2.05) is 6.92 Å². The molecule has 1 aliphatic rings. The van der Waals surface area contributed by atoms with Crippen LogP contribution in [0.25, 0.3) is 0 Å². The van der Waals surface area contributed by atoms with E-state index in [2.05, 4.69) is 5.32 Å². The van der Waals surface area contributed by atoms with Gasteiger partial charge < -0.3 is 10.1 Å². The number of benzene rings is 1. The minimum Gasteiger partial charge on any atom is -0.455 e. The van der Waals surface area contributed by atoms with E-state index in [0.29, 0.717) is 16.0 Å². The molecular formula is C15H17Cl2NO3. The van der Waals surface area contributed by atoms with Crippen molar-refractivity contribution in [3.63, 3.8) is 0 Å². The Morgan fingerprint density at radius 3 is 2.67 bits per heavy atom. The second-order valence-corrected chi connectivity index (χ2v) is 6.23. The van der Waals surface area contributed by atoms with Crippen LogP contribution in [0.2, 0.25) is 10.0 Å². The molecule has 6 heteroatoms. The van der Waals surface area contributed by atoms with E-state index < -0.39 is 0 Å². The number of ether oxygens (including phenoxy) is 1. The molecule has 2 rings (SSSR count). The van der Waals surface area contributed by atoms with Crippen LogP contribution < -0.4 is 5.32 Å². The molecule has 1 N–H and O–H groups in total. The number of carbonyl (C=O) groups is 2. The van der Waals surface area contributed by atoms with Crippen LogP contribution in [-0.2, 0) is 14.3 Å². The zero-order valence-corrected chi connectivity index (χ0v) is 13.4. The maximum absolute atomic E-state index is 11.8. The van der Waals surface area contributed by atoms with Gasteiger partial charge in [-0.1, -0.05) is 36.2 Å². The Morgan fingerprint density at radius 1 is 1.43 bits per heavy atom. The van der Waals surface area contributed by atoms with Crippen molar-refractivity contribution in [2.75, 3.05) is 6.61 Å². The smallest absolute Gasteiger partial charge is 0.309 e. The molecule has 1 aromatic rings. The van der Waals surface area contributed by atoms with Crippen LogP contribution in [0.3, 0.4) is 0 Å². The Hall–Kier alpha value is -1.26. The quantitative estimate of drug-likeness (QED) is 0.842. The SMILES string of the molecule is C[C@H](NC(=O)COC(=O)[C@H]1C[C@@H]1C)c1ccc(Cl)cc1Cl. The molecule has 1 aromatic carbocycles. The lowest BCUT2D eigenvalue weighted by Gasteiger charge is -2.16. The monoisotopic (exact) mass is 329 g/mol. The van der Waals surface area contributed by atoms with E-state index in [9.17, 15) is 9.59 Å². The minimum atomic E-state index is -0.352. The molecule has 1 amide bonds. The number of esters is 1. The van der Waals surface area contributed by atoms with Gasteiger partial charge >= 0.3 is 5.97 Å². The van der Waals surface area contributed by atoms with Crippen molar-refractivity contribution in [2.45, 2.75) is 26.3 Å². The van der Waals surface area contributed by atoms with Gasteiger partial charge in [0.25, 0.3) is 5.91 Å². The van der Waals surface area contributed by atoms with Gasteiger partial charge in [-0.2, -0.15) is 0 Å². The zero-order valence-electron chi connectivity index (χ0n) is 11.9. The van der Waals surface area contributed by atoms with Gasteiger partial charge in [-0.15, -0.1) is 0 Å². The maximum atomic E-state index is 11.8. The highest BCUT2D eigenvalue weighted by Crippen LogP contribution is 2.38. The fourth-order valence-electron chi connectivity index (χ4n) is 2.11. The zero-order chi connectivity index (χ0) is 15.6. The molecular weight excluding hydrogens is 313 g/mol. The highest BCUT2D eigenvalue weighted by Gasteiger charge is 2.40. The molecule has 0 bridgehead atoms. The molecule has 0 heterocycles. The second-order valence-electron chi connectivity index (χ2n) is 5.38. The fraction of sp³-hybridized carbons (Fsp3) is 0.467. The van der Waals surface area contributed by atoms with E-state index in [-0.39, 0.29) is 30.4 Å². The molecule has 3 atom stereocenters. The summed E-state index contributed by atoms with van der Waals surface area (Å²) in [4.78, 5) is 23.3. The summed E-state index contributed by atoms with van der Waals surface area (Å²) in [5.74, 6) is -0.321. The molecule has 1 aliphatic carbocycles. The number of carbonyl (C=O) groups excluding carboxylic acids is 2. The van der Waals surface area contributed by atoms with Gasteiger partial charge in [-0.25, -0.2) is 0 Å². The Bertz CT molecular complexity index is 562. The minimum absolute atomic E-state index is 0.0408. The van der Waals surface area contributed by atoms with Crippen LogP contribution >= 0.6 is 23.2 Å². The van der Waals surface area contributed by atoms with E-state index in [4.69, 9.17) is 27.9 Å². The van der Waals surface area contributed by atoms with Gasteiger partial charge in [0.1, 0.15) is 0 Å². The van der Waals surface area contributed by atoms with E-state index >= 15 is 0 Å². The predicted octanol–water partition coefficient (Wildman–Crippen LogP) is 3.37. The number of nitrogens with one attached hydrogen (secondary N) is 1. The standard InChI is InChI=1S/C15H17Cl2NO3/c1-8-5-12(8)15(20)21-7-14(19)18-9(2)11-4-3-10(16)6-13(11)17/h3-4,6,8-9,12H,5,7H2,1-2H3,(H,18,19)/t8-,9-,12-/m0/s1. The Kier molecular flexibility index (Phi) is 5.12. The van der Waals surface area contributed by atoms with Crippen molar-refractivity contribution in [1.82, 2.24) is 5.32 Å². The summed E-state index contributed by atoms with van der Waals surface area (Å²) in [5, 5.41) is 3.76. The molecule has 0 radical (unpaired) electrons. The van der Waals surface area contributed by atoms with Crippen molar-refractivity contribution < 1.29 is 14.3 Å². The topological polar surface area (TPSA) is 55.4 Å². The van der Waals surface area contributed by atoms with Crippen molar-refractivity contribution in [3.8, 4) is 0 Å². The number of halogens is 2. The Labute approximate surface area is 133 Å². The molecule has 4 nitrogen and oxygen atoms in total. The molecule has 114 valence electrons. The summed E-state index contributed by atoms with van der Waals surface area (Å²) in [6.45, 7) is 3.52. The summed E-state index contributed by atoms with van der Waals surface area (Å²) in [7, 11) is 0. The number of hydrogen-bond donors (Lipinski definition) is 1. The van der Waals surface area contributed by atoms with Crippen molar-refractivity contribution >= 4 is 35.1 Å². The van der Waals surface area contributed by atoms with Crippen molar-refractivity contribution in [3.05, 3.63) is 33.8 Å². The third-order valence-electron chi connectivity index (χ3n) is 3.56. The number of rotatable bonds is 5. The lowest BCUT2D eigenvalue weighted by molar-refractivity contribution is -0.150. The van der Waals surface area contributed by atoms with Gasteiger partial charge in [-0.3, -0.25) is 9.59 Å². The third kappa shape index (κ3) is 4.35. The summed E-state index contributed by atoms with van der Waals surface area (Å²) < 4.78 is 4.98. The summed E-state index contributed by atoms with van der Waals surface area (Å²) in [5.41, 5.74) is 0.761. The normalized spacial score (nSPS) is 21.5. The number of hydrogen-bond acceptors (Lipinski definition) is 3. The molecule has 0 aliphatic heterocycles. The van der Waals surface area contributed by atoms with Gasteiger partial charge in [-0.05, 0) is 37.0 Å². The lowest BCUT2D eigenvalue weighted by atomic mass is 10.1. The summed E-state index contributed by atoms with van der Waals surface area (Å²) in [6.07, 6.45) is 0.844. The molecule has 21 heavy (non-hydrogen) atoms. The van der Waals surface area contributed by atoms with Gasteiger partial charge in [0, 0.05) is 10.0 Å². The summed E-state index contributed by atoms with van der Waals surface area (Å²) >= 11 is 11.9. The van der Waals surface area contributed by atoms with Gasteiger partial charge in [0.05, 0.1) is 12.0 Å². The lowest BCUT2D eigenvalue weighted by Crippen LogP contribution is -2.31. The molecule has 0 saturated heterocycles. The fourth-order valence-corrected chi connectivity index (χ4v) is 2.68. The molecule has 0 aromatic heterocycles. The second kappa shape index (κ2) is 6.67. The first kappa shape index (κ1) is 16.1. The van der Waals surface area contributed by atoms with Crippen LogP contribution in [0.15, 0.2) is 18.2 Å². The van der Waals surface area contributed by atoms with E-state index in [1.165, 1.54) is 0 Å². The van der Waals surface area contributed by atoms with E-state index in [0.717, 1.165) is 12.0 Å². The highest BCUT2D eigenvalue weighted by atomic mass is 35.5. The molecule has 1 fully saturated rings. The number of amides is 1. The van der Waals surface area contributed by atoms with Crippen LogP contribution in [0, 0.1) is 11.8 Å². The van der Waals surface area contributed by atoms with Crippen LogP contribution in [-0.4, -0.2) is 18.5 Å². The average molecular weight is 330 g/mol. The molecule has 0 unspecified atom stereocenters. The van der Waals surface area contributed by atoms with Gasteiger partial charge in [0.15, 0.2) is 6.61 Å². The first-order chi connectivity index (χ1) is 9.88. The van der Waals surface area contributed by atoms with Crippen molar-refractivity contribution in [1.29, 1.82) is 0 Å². The molecule has 1 saturated carbocycles. The Morgan fingerprint density at radius 2 is 2.10 bits per heavy atom. The van der Waals surface area contributed by atoms with Gasteiger partial charge in [0.2, 0.25) is 0 Å². The average Bonchev–Trinajstić information content (AvgIpc) is 3.13. The summed E-state index contributed by atoms with van der Waals surface area (Å²) in [6, 6.07) is 4.80.